The third kappa shape index (κ3) is 3.52. The zero-order chi connectivity index (χ0) is 16.9. The molecule has 0 unspecified atom stereocenters. The lowest BCUT2D eigenvalue weighted by atomic mass is 10.2. The molecule has 0 saturated heterocycles. The maximum absolute atomic E-state index is 12.0. The summed E-state index contributed by atoms with van der Waals surface area (Å²) < 4.78 is 5.24. The molecular weight excluding hydrogens is 306 g/mol. The van der Waals surface area contributed by atoms with E-state index >= 15 is 0 Å². The Morgan fingerprint density at radius 2 is 2.08 bits per heavy atom. The predicted molar refractivity (Wildman–Crippen MR) is 92.1 cm³/mol. The molecule has 7 heteroatoms. The molecule has 7 nitrogen and oxygen atoms in total. The number of H-pyrrole nitrogens is 1. The smallest absolute Gasteiger partial charge is 0.291 e. The number of furan rings is 1. The summed E-state index contributed by atoms with van der Waals surface area (Å²) in [5.41, 5.74) is 5.30. The van der Waals surface area contributed by atoms with E-state index in [1.807, 2.05) is 43.3 Å². The molecule has 3 aromatic rings. The van der Waals surface area contributed by atoms with Crippen LogP contribution in [0.25, 0.3) is 11.5 Å². The number of hydrogen-bond acceptors (Lipinski definition) is 5. The average Bonchev–Trinajstić information content (AvgIpc) is 3.26. The highest BCUT2D eigenvalue weighted by molar-refractivity contribution is 5.94. The van der Waals surface area contributed by atoms with Gasteiger partial charge in [0, 0.05) is 25.8 Å². The van der Waals surface area contributed by atoms with Crippen molar-refractivity contribution in [3.8, 4) is 11.5 Å². The number of benzene rings is 1. The van der Waals surface area contributed by atoms with E-state index in [-0.39, 0.29) is 5.69 Å². The monoisotopic (exact) mass is 323 g/mol. The van der Waals surface area contributed by atoms with Gasteiger partial charge in [0.2, 0.25) is 0 Å². The molecule has 2 N–H and O–H groups in total. The summed E-state index contributed by atoms with van der Waals surface area (Å²) in [5, 5.41) is 10.7. The van der Waals surface area contributed by atoms with E-state index in [0.717, 1.165) is 11.3 Å². The summed E-state index contributed by atoms with van der Waals surface area (Å²) in [5.74, 6) is 0.219. The number of rotatable bonds is 5. The quantitative estimate of drug-likeness (QED) is 0.558. The van der Waals surface area contributed by atoms with Gasteiger partial charge in [0.1, 0.15) is 5.69 Å². The highest BCUT2D eigenvalue weighted by Crippen LogP contribution is 2.17. The largest absolute Gasteiger partial charge is 0.463 e. The molecule has 0 spiro atoms. The maximum Gasteiger partial charge on any atom is 0.291 e. The van der Waals surface area contributed by atoms with Gasteiger partial charge in [-0.05, 0) is 29.8 Å². The Labute approximate surface area is 139 Å². The lowest BCUT2D eigenvalue weighted by Crippen LogP contribution is -2.18. The van der Waals surface area contributed by atoms with Crippen LogP contribution in [0.5, 0.6) is 0 Å². The highest BCUT2D eigenvalue weighted by Gasteiger charge is 2.11. The van der Waals surface area contributed by atoms with Crippen LogP contribution in [-0.4, -0.2) is 36.4 Å². The number of nitrogens with one attached hydrogen (secondary N) is 2. The van der Waals surface area contributed by atoms with Gasteiger partial charge in [-0.25, -0.2) is 5.43 Å². The van der Waals surface area contributed by atoms with E-state index in [2.05, 4.69) is 20.7 Å². The first-order chi connectivity index (χ1) is 11.6. The molecule has 0 radical (unpaired) electrons. The van der Waals surface area contributed by atoms with Crippen molar-refractivity contribution in [3.63, 3.8) is 0 Å². The molecule has 3 rings (SSSR count). The summed E-state index contributed by atoms with van der Waals surface area (Å²) in [7, 11) is 3.95. The van der Waals surface area contributed by atoms with Crippen LogP contribution in [0.1, 0.15) is 16.1 Å². The molecule has 0 saturated carbocycles. The highest BCUT2D eigenvalue weighted by atomic mass is 16.3. The SMILES string of the molecule is CN(C)c1ccc(C=NNC(=O)c2cc(-c3ccco3)[nH]n2)cc1. The zero-order valence-corrected chi connectivity index (χ0v) is 13.4. The number of aromatic nitrogens is 2. The topological polar surface area (TPSA) is 86.5 Å². The van der Waals surface area contributed by atoms with Crippen molar-refractivity contribution >= 4 is 17.8 Å². The van der Waals surface area contributed by atoms with Crippen LogP contribution in [0.3, 0.4) is 0 Å². The number of nitrogens with zero attached hydrogens (tertiary/aromatic N) is 3. The number of hydrogen-bond donors (Lipinski definition) is 2. The van der Waals surface area contributed by atoms with E-state index in [0.29, 0.717) is 11.5 Å². The molecular formula is C17H17N5O2. The van der Waals surface area contributed by atoms with E-state index in [1.54, 1.807) is 30.7 Å². The fraction of sp³-hybridized carbons (Fsp3) is 0.118. The first kappa shape index (κ1) is 15.5. The van der Waals surface area contributed by atoms with Gasteiger partial charge in [-0.2, -0.15) is 10.2 Å². The second-order valence-corrected chi connectivity index (χ2v) is 5.33. The Hall–Kier alpha value is -3.35. The van der Waals surface area contributed by atoms with Gasteiger partial charge in [-0.15, -0.1) is 0 Å². The Morgan fingerprint density at radius 1 is 1.29 bits per heavy atom. The van der Waals surface area contributed by atoms with Crippen molar-refractivity contribution in [2.45, 2.75) is 0 Å². The summed E-state index contributed by atoms with van der Waals surface area (Å²) in [6, 6.07) is 13.0. The zero-order valence-electron chi connectivity index (χ0n) is 13.4. The molecule has 0 aliphatic rings. The molecule has 0 atom stereocenters. The van der Waals surface area contributed by atoms with Crippen LogP contribution < -0.4 is 10.3 Å². The van der Waals surface area contributed by atoms with E-state index < -0.39 is 5.91 Å². The van der Waals surface area contributed by atoms with Crippen molar-refractivity contribution < 1.29 is 9.21 Å². The second-order valence-electron chi connectivity index (χ2n) is 5.33. The van der Waals surface area contributed by atoms with Gasteiger partial charge >= 0.3 is 0 Å². The lowest BCUT2D eigenvalue weighted by molar-refractivity contribution is 0.0950. The molecule has 24 heavy (non-hydrogen) atoms. The van der Waals surface area contributed by atoms with Crippen LogP contribution in [0, 0.1) is 0 Å². The molecule has 0 aliphatic heterocycles. The van der Waals surface area contributed by atoms with Gasteiger partial charge in [-0.3, -0.25) is 9.89 Å². The number of carbonyl (C=O) groups excluding carboxylic acids is 1. The van der Waals surface area contributed by atoms with Crippen LogP contribution in [0.4, 0.5) is 5.69 Å². The third-order valence-electron chi connectivity index (χ3n) is 3.39. The maximum atomic E-state index is 12.0. The number of amides is 1. The van der Waals surface area contributed by atoms with Gasteiger partial charge in [0.25, 0.3) is 5.91 Å². The van der Waals surface area contributed by atoms with Crippen molar-refractivity contribution in [2.75, 3.05) is 19.0 Å². The Bertz CT molecular complexity index is 832. The normalized spacial score (nSPS) is 10.9. The molecule has 2 aromatic heterocycles. The Morgan fingerprint density at radius 3 is 2.75 bits per heavy atom. The fourth-order valence-corrected chi connectivity index (χ4v) is 2.08. The van der Waals surface area contributed by atoms with Crippen molar-refractivity contribution in [1.82, 2.24) is 15.6 Å². The van der Waals surface area contributed by atoms with Crippen molar-refractivity contribution in [2.24, 2.45) is 5.10 Å². The standard InChI is InChI=1S/C17H17N5O2/c1-22(2)13-7-5-12(6-8-13)11-18-21-17(23)15-10-14(19-20-15)16-4-3-9-24-16/h3-11H,1-2H3,(H,19,20)(H,21,23). The van der Waals surface area contributed by atoms with Gasteiger partial charge in [0.15, 0.2) is 11.5 Å². The molecule has 1 amide bonds. The molecule has 1 aromatic carbocycles. The summed E-state index contributed by atoms with van der Waals surface area (Å²) in [6.45, 7) is 0. The van der Waals surface area contributed by atoms with Gasteiger partial charge < -0.3 is 9.32 Å². The molecule has 122 valence electrons. The van der Waals surface area contributed by atoms with Crippen LogP contribution >= 0.6 is 0 Å². The van der Waals surface area contributed by atoms with Crippen LogP contribution in [-0.2, 0) is 0 Å². The summed E-state index contributed by atoms with van der Waals surface area (Å²) >= 11 is 0. The Kier molecular flexibility index (Phi) is 4.42. The average molecular weight is 323 g/mol. The molecule has 0 bridgehead atoms. The predicted octanol–water partition coefficient (Wildman–Crippen LogP) is 2.50. The number of carbonyl (C=O) groups is 1. The first-order valence-corrected chi connectivity index (χ1v) is 7.33. The fourth-order valence-electron chi connectivity index (χ4n) is 2.08. The van der Waals surface area contributed by atoms with E-state index in [1.165, 1.54) is 0 Å². The summed E-state index contributed by atoms with van der Waals surface area (Å²) in [6.07, 6.45) is 3.14. The Balaban J connectivity index is 1.61. The minimum absolute atomic E-state index is 0.238. The molecule has 0 fully saturated rings. The summed E-state index contributed by atoms with van der Waals surface area (Å²) in [4.78, 5) is 14.0. The van der Waals surface area contributed by atoms with Gasteiger partial charge in [-0.1, -0.05) is 12.1 Å². The molecule has 0 aliphatic carbocycles. The minimum atomic E-state index is -0.398. The second kappa shape index (κ2) is 6.82. The van der Waals surface area contributed by atoms with E-state index in [9.17, 15) is 4.79 Å². The van der Waals surface area contributed by atoms with Crippen LogP contribution in [0.15, 0.2) is 58.2 Å². The van der Waals surface area contributed by atoms with Gasteiger partial charge in [0.05, 0.1) is 12.5 Å². The van der Waals surface area contributed by atoms with Crippen LogP contribution in [0.2, 0.25) is 0 Å². The van der Waals surface area contributed by atoms with E-state index in [4.69, 9.17) is 4.42 Å². The number of aromatic amines is 1. The third-order valence-corrected chi connectivity index (χ3v) is 3.39. The first-order valence-electron chi connectivity index (χ1n) is 7.33. The molecule has 2 heterocycles. The number of hydrazone groups is 1. The minimum Gasteiger partial charge on any atom is -0.463 e. The van der Waals surface area contributed by atoms with Crippen molar-refractivity contribution in [3.05, 3.63) is 60.0 Å². The van der Waals surface area contributed by atoms with Crippen molar-refractivity contribution in [1.29, 1.82) is 0 Å². The number of anilines is 1. The lowest BCUT2D eigenvalue weighted by Gasteiger charge is -2.11.